The number of anilines is 1. The minimum atomic E-state index is -0.0274. The first-order valence-electron chi connectivity index (χ1n) is 5.64. The van der Waals surface area contributed by atoms with E-state index >= 15 is 0 Å². The molecule has 0 saturated heterocycles. The summed E-state index contributed by atoms with van der Waals surface area (Å²) in [6.45, 7) is 3.71. The van der Waals surface area contributed by atoms with Crippen LogP contribution in [0.4, 0.5) is 5.69 Å². The Labute approximate surface area is 102 Å². The van der Waals surface area contributed by atoms with Crippen LogP contribution in [-0.2, 0) is 4.79 Å². The summed E-state index contributed by atoms with van der Waals surface area (Å²) in [5.41, 5.74) is 1.22. The quantitative estimate of drug-likeness (QED) is 0.841. The van der Waals surface area contributed by atoms with E-state index in [1.807, 2.05) is 20.0 Å². The molecule has 0 aliphatic rings. The molecule has 0 aromatic heterocycles. The van der Waals surface area contributed by atoms with Gasteiger partial charge in [-0.3, -0.25) is 4.79 Å². The smallest absolute Gasteiger partial charge is 0.225 e. The van der Waals surface area contributed by atoms with Crippen molar-refractivity contribution in [3.05, 3.63) is 29.8 Å². The minimum Gasteiger partial charge on any atom is -0.326 e. The Bertz CT molecular complexity index is 423. The lowest BCUT2D eigenvalue weighted by atomic mass is 10.2. The van der Waals surface area contributed by atoms with Gasteiger partial charge in [-0.05, 0) is 31.8 Å². The molecule has 1 amide bonds. The Morgan fingerprint density at radius 1 is 1.53 bits per heavy atom. The van der Waals surface area contributed by atoms with E-state index in [2.05, 4.69) is 10.2 Å². The van der Waals surface area contributed by atoms with Crippen LogP contribution in [0.1, 0.15) is 18.9 Å². The van der Waals surface area contributed by atoms with Crippen LogP contribution in [0.2, 0.25) is 0 Å². The van der Waals surface area contributed by atoms with E-state index in [9.17, 15) is 4.79 Å². The molecule has 1 aromatic rings. The zero-order valence-corrected chi connectivity index (χ0v) is 10.2. The monoisotopic (exact) mass is 231 g/mol. The summed E-state index contributed by atoms with van der Waals surface area (Å²) in [4.78, 5) is 13.7. The number of rotatable bonds is 5. The molecule has 90 valence electrons. The van der Waals surface area contributed by atoms with Crippen LogP contribution < -0.4 is 5.32 Å². The van der Waals surface area contributed by atoms with Crippen molar-refractivity contribution in [2.75, 3.05) is 25.5 Å². The van der Waals surface area contributed by atoms with Crippen LogP contribution in [0.5, 0.6) is 0 Å². The number of hydrogen-bond donors (Lipinski definition) is 1. The standard InChI is InChI=1S/C13H17N3O/c1-3-16(2)8-7-13(17)15-12-6-4-5-11(9-12)10-14/h4-6,9H,3,7-8H2,1-2H3,(H,15,17). The molecule has 0 fully saturated rings. The highest BCUT2D eigenvalue weighted by atomic mass is 16.1. The van der Waals surface area contributed by atoms with E-state index in [1.54, 1.807) is 24.3 Å². The van der Waals surface area contributed by atoms with Gasteiger partial charge in [-0.15, -0.1) is 0 Å². The maximum absolute atomic E-state index is 11.6. The summed E-state index contributed by atoms with van der Waals surface area (Å²) < 4.78 is 0. The largest absolute Gasteiger partial charge is 0.326 e. The lowest BCUT2D eigenvalue weighted by Gasteiger charge is -2.13. The van der Waals surface area contributed by atoms with E-state index in [0.29, 0.717) is 17.7 Å². The average Bonchev–Trinajstić information content (AvgIpc) is 2.36. The molecule has 0 aliphatic heterocycles. The molecule has 4 heteroatoms. The van der Waals surface area contributed by atoms with E-state index < -0.39 is 0 Å². The van der Waals surface area contributed by atoms with Gasteiger partial charge < -0.3 is 10.2 Å². The number of amides is 1. The second-order valence-corrected chi connectivity index (χ2v) is 3.89. The van der Waals surface area contributed by atoms with Crippen molar-refractivity contribution in [3.63, 3.8) is 0 Å². The molecule has 1 aromatic carbocycles. The number of benzene rings is 1. The summed E-state index contributed by atoms with van der Waals surface area (Å²) in [7, 11) is 1.98. The number of nitrogens with zero attached hydrogens (tertiary/aromatic N) is 2. The van der Waals surface area contributed by atoms with Crippen molar-refractivity contribution in [1.29, 1.82) is 5.26 Å². The Morgan fingerprint density at radius 2 is 2.29 bits per heavy atom. The highest BCUT2D eigenvalue weighted by Crippen LogP contribution is 2.09. The van der Waals surface area contributed by atoms with Crippen LogP contribution >= 0.6 is 0 Å². The molecule has 0 radical (unpaired) electrons. The fraction of sp³-hybridized carbons (Fsp3) is 0.385. The second-order valence-electron chi connectivity index (χ2n) is 3.89. The maximum atomic E-state index is 11.6. The first-order valence-corrected chi connectivity index (χ1v) is 5.64. The van der Waals surface area contributed by atoms with Gasteiger partial charge in [0, 0.05) is 18.7 Å². The van der Waals surface area contributed by atoms with Gasteiger partial charge in [0.1, 0.15) is 0 Å². The third-order valence-electron chi connectivity index (χ3n) is 2.54. The zero-order chi connectivity index (χ0) is 12.7. The van der Waals surface area contributed by atoms with Crippen LogP contribution in [0.3, 0.4) is 0 Å². The molecule has 1 rings (SSSR count). The number of carbonyl (C=O) groups is 1. The molecule has 0 spiro atoms. The summed E-state index contributed by atoms with van der Waals surface area (Å²) in [6.07, 6.45) is 0.459. The van der Waals surface area contributed by atoms with Crippen LogP contribution in [0, 0.1) is 11.3 Å². The number of nitriles is 1. The highest BCUT2D eigenvalue weighted by Gasteiger charge is 2.04. The summed E-state index contributed by atoms with van der Waals surface area (Å²) in [5, 5.41) is 11.5. The van der Waals surface area contributed by atoms with Crippen molar-refractivity contribution in [3.8, 4) is 6.07 Å². The normalized spacial score (nSPS) is 10.0. The Morgan fingerprint density at radius 3 is 2.94 bits per heavy atom. The Kier molecular flexibility index (Phi) is 5.18. The van der Waals surface area contributed by atoms with Crippen molar-refractivity contribution in [1.82, 2.24) is 4.90 Å². The van der Waals surface area contributed by atoms with Gasteiger partial charge >= 0.3 is 0 Å². The van der Waals surface area contributed by atoms with Crippen LogP contribution in [-0.4, -0.2) is 30.9 Å². The SMILES string of the molecule is CCN(C)CCC(=O)Nc1cccc(C#N)c1. The number of hydrogen-bond acceptors (Lipinski definition) is 3. The molecule has 0 saturated carbocycles. The second kappa shape index (κ2) is 6.66. The fourth-order valence-corrected chi connectivity index (χ4v) is 1.34. The van der Waals surface area contributed by atoms with Gasteiger partial charge in [-0.2, -0.15) is 5.26 Å². The van der Waals surface area contributed by atoms with E-state index in [0.717, 1.165) is 13.1 Å². The molecule has 1 N–H and O–H groups in total. The van der Waals surface area contributed by atoms with E-state index in [4.69, 9.17) is 5.26 Å². The summed E-state index contributed by atoms with van der Waals surface area (Å²) >= 11 is 0. The van der Waals surface area contributed by atoms with Gasteiger partial charge in [0.25, 0.3) is 0 Å². The average molecular weight is 231 g/mol. The molecule has 17 heavy (non-hydrogen) atoms. The number of nitrogens with one attached hydrogen (secondary N) is 1. The first kappa shape index (κ1) is 13.2. The summed E-state index contributed by atoms with van der Waals surface area (Å²) in [6, 6.07) is 8.95. The maximum Gasteiger partial charge on any atom is 0.225 e. The van der Waals surface area contributed by atoms with Gasteiger partial charge in [0.2, 0.25) is 5.91 Å². The van der Waals surface area contributed by atoms with Crippen molar-refractivity contribution in [2.24, 2.45) is 0 Å². The van der Waals surface area contributed by atoms with Crippen LogP contribution in [0.25, 0.3) is 0 Å². The molecule has 0 unspecified atom stereocenters. The molecule has 4 nitrogen and oxygen atoms in total. The van der Waals surface area contributed by atoms with Gasteiger partial charge in [-0.25, -0.2) is 0 Å². The molecular formula is C13H17N3O. The first-order chi connectivity index (χ1) is 8.15. The van der Waals surface area contributed by atoms with Crippen molar-refractivity contribution < 1.29 is 4.79 Å². The molecule has 0 aliphatic carbocycles. The fourth-order valence-electron chi connectivity index (χ4n) is 1.34. The lowest BCUT2D eigenvalue weighted by Crippen LogP contribution is -2.23. The third-order valence-corrected chi connectivity index (χ3v) is 2.54. The third kappa shape index (κ3) is 4.66. The Balaban J connectivity index is 2.48. The Hall–Kier alpha value is -1.86. The predicted octanol–water partition coefficient (Wildman–Crippen LogP) is 1.84. The minimum absolute atomic E-state index is 0.0274. The van der Waals surface area contributed by atoms with E-state index in [-0.39, 0.29) is 5.91 Å². The highest BCUT2D eigenvalue weighted by molar-refractivity contribution is 5.90. The summed E-state index contributed by atoms with van der Waals surface area (Å²) in [5.74, 6) is -0.0274. The topological polar surface area (TPSA) is 56.1 Å². The van der Waals surface area contributed by atoms with Gasteiger partial charge in [0.05, 0.1) is 11.6 Å². The van der Waals surface area contributed by atoms with Crippen LogP contribution in [0.15, 0.2) is 24.3 Å². The molecule has 0 bridgehead atoms. The number of carbonyl (C=O) groups excluding carboxylic acids is 1. The lowest BCUT2D eigenvalue weighted by molar-refractivity contribution is -0.116. The predicted molar refractivity (Wildman–Crippen MR) is 67.6 cm³/mol. The van der Waals surface area contributed by atoms with Crippen molar-refractivity contribution in [2.45, 2.75) is 13.3 Å². The van der Waals surface area contributed by atoms with Crippen molar-refractivity contribution >= 4 is 11.6 Å². The van der Waals surface area contributed by atoms with Gasteiger partial charge in [0.15, 0.2) is 0 Å². The van der Waals surface area contributed by atoms with E-state index in [1.165, 1.54) is 0 Å². The molecule has 0 atom stereocenters. The zero-order valence-electron chi connectivity index (χ0n) is 10.2. The molecule has 0 heterocycles. The van der Waals surface area contributed by atoms with Gasteiger partial charge in [-0.1, -0.05) is 13.0 Å². The molecular weight excluding hydrogens is 214 g/mol.